The number of aliphatic hydroxyl groups excluding tert-OH is 1. The maximum Gasteiger partial charge on any atom is 0.234 e. The number of aromatic nitrogens is 1. The summed E-state index contributed by atoms with van der Waals surface area (Å²) in [7, 11) is -3.88. The van der Waals surface area contributed by atoms with Gasteiger partial charge in [0.15, 0.2) is 0 Å². The molecule has 0 aliphatic heterocycles. The molecule has 0 aliphatic rings. The maximum absolute atomic E-state index is 13.1. The number of hydrogen-bond acceptors (Lipinski definition) is 6. The van der Waals surface area contributed by atoms with Crippen molar-refractivity contribution in [2.45, 2.75) is 36.2 Å². The molecule has 1 unspecified atom stereocenters. The molecule has 0 aliphatic carbocycles. The van der Waals surface area contributed by atoms with Crippen molar-refractivity contribution in [3.63, 3.8) is 0 Å². The molecule has 0 radical (unpaired) electrons. The Bertz CT molecular complexity index is 992. The highest BCUT2D eigenvalue weighted by Crippen LogP contribution is 2.32. The van der Waals surface area contributed by atoms with Gasteiger partial charge >= 0.3 is 0 Å². The minimum Gasteiger partial charge on any atom is -0.419 e. The van der Waals surface area contributed by atoms with Crippen LogP contribution in [0, 0.1) is 6.92 Å². The van der Waals surface area contributed by atoms with Crippen LogP contribution in [0.2, 0.25) is 0 Å². The average Bonchev–Trinajstić information content (AvgIpc) is 3.12. The molecule has 1 atom stereocenters. The molecule has 27 heavy (non-hydrogen) atoms. The molecule has 3 rings (SSSR count). The Labute approximate surface area is 158 Å². The molecule has 6 nitrogen and oxygen atoms in total. The number of nitrogens with one attached hydrogen (secondary N) is 1. The van der Waals surface area contributed by atoms with Crippen molar-refractivity contribution < 1.29 is 17.9 Å². The van der Waals surface area contributed by atoms with Crippen LogP contribution in [0.1, 0.15) is 18.9 Å². The Balaban J connectivity index is 2.11. The van der Waals surface area contributed by atoms with E-state index in [0.29, 0.717) is 12.0 Å². The van der Waals surface area contributed by atoms with E-state index in [-0.39, 0.29) is 34.3 Å². The number of hydrogen-bond donors (Lipinski definition) is 2. The third kappa shape index (κ3) is 4.04. The van der Waals surface area contributed by atoms with Crippen LogP contribution >= 0.6 is 0 Å². The summed E-state index contributed by atoms with van der Waals surface area (Å²) in [6.07, 6.45) is 0.599. The van der Waals surface area contributed by atoms with Gasteiger partial charge in [-0.3, -0.25) is 0 Å². The second kappa shape index (κ2) is 7.94. The summed E-state index contributed by atoms with van der Waals surface area (Å²) in [4.78, 5) is 4.41. The number of oxazole rings is 1. The molecule has 0 saturated heterocycles. The number of sulfone groups is 1. The molecule has 0 spiro atoms. The standard InChI is InChI=1S/C20H22N2O4S/c1-3-16(13-23)21-19-20(22-18(26-19)15-7-5-4-6-8-15)27(24,25)17-11-9-14(2)10-12-17/h4-12,16,21,23H,3,13H2,1-2H3. The zero-order valence-corrected chi connectivity index (χ0v) is 16.0. The Kier molecular flexibility index (Phi) is 5.62. The molecular formula is C20H22N2O4S. The van der Waals surface area contributed by atoms with Crippen molar-refractivity contribution in [2.75, 3.05) is 11.9 Å². The van der Waals surface area contributed by atoms with E-state index in [0.717, 1.165) is 5.56 Å². The minimum atomic E-state index is -3.88. The normalized spacial score (nSPS) is 12.7. The fourth-order valence-corrected chi connectivity index (χ4v) is 3.84. The lowest BCUT2D eigenvalue weighted by Crippen LogP contribution is -2.23. The monoisotopic (exact) mass is 386 g/mol. The van der Waals surface area contributed by atoms with Crippen LogP contribution in [0.25, 0.3) is 11.5 Å². The van der Waals surface area contributed by atoms with Crippen molar-refractivity contribution in [2.24, 2.45) is 0 Å². The highest BCUT2D eigenvalue weighted by Gasteiger charge is 2.29. The number of aryl methyl sites for hydroxylation is 1. The van der Waals surface area contributed by atoms with Crippen LogP contribution in [0.15, 0.2) is 68.9 Å². The first kappa shape index (κ1) is 19.1. The van der Waals surface area contributed by atoms with Gasteiger partial charge < -0.3 is 14.8 Å². The molecule has 2 aromatic carbocycles. The fraction of sp³-hybridized carbons (Fsp3) is 0.250. The van der Waals surface area contributed by atoms with Crippen molar-refractivity contribution in [3.05, 3.63) is 60.2 Å². The van der Waals surface area contributed by atoms with E-state index in [1.807, 2.05) is 32.0 Å². The Morgan fingerprint density at radius 3 is 2.37 bits per heavy atom. The predicted octanol–water partition coefficient (Wildman–Crippen LogP) is 3.67. The van der Waals surface area contributed by atoms with Crippen molar-refractivity contribution in [1.82, 2.24) is 4.98 Å². The summed E-state index contributed by atoms with van der Waals surface area (Å²) >= 11 is 0. The van der Waals surface area contributed by atoms with Gasteiger partial charge in [-0.05, 0) is 37.6 Å². The Hall–Kier alpha value is -2.64. The first-order chi connectivity index (χ1) is 13.0. The van der Waals surface area contributed by atoms with E-state index in [9.17, 15) is 13.5 Å². The topological polar surface area (TPSA) is 92.4 Å². The second-order valence-corrected chi connectivity index (χ2v) is 8.13. The van der Waals surface area contributed by atoms with Crippen LogP contribution in [-0.4, -0.2) is 31.2 Å². The SMILES string of the molecule is CCC(CO)Nc1oc(-c2ccccc2)nc1S(=O)(=O)c1ccc(C)cc1. The van der Waals surface area contributed by atoms with E-state index in [4.69, 9.17) is 4.42 Å². The molecule has 0 bridgehead atoms. The van der Waals surface area contributed by atoms with Gasteiger partial charge in [-0.1, -0.05) is 42.8 Å². The van der Waals surface area contributed by atoms with Gasteiger partial charge in [0.2, 0.25) is 26.6 Å². The highest BCUT2D eigenvalue weighted by atomic mass is 32.2. The molecule has 2 N–H and O–H groups in total. The minimum absolute atomic E-state index is 0.0373. The highest BCUT2D eigenvalue weighted by molar-refractivity contribution is 7.91. The number of anilines is 1. The second-order valence-electron chi connectivity index (χ2n) is 6.27. The molecular weight excluding hydrogens is 364 g/mol. The van der Waals surface area contributed by atoms with Crippen molar-refractivity contribution in [3.8, 4) is 11.5 Å². The zero-order valence-electron chi connectivity index (χ0n) is 15.2. The molecule has 7 heteroatoms. The molecule has 1 aromatic heterocycles. The third-order valence-electron chi connectivity index (χ3n) is 4.25. The molecule has 3 aromatic rings. The van der Waals surface area contributed by atoms with Gasteiger partial charge in [0.05, 0.1) is 17.5 Å². The first-order valence-corrected chi connectivity index (χ1v) is 10.2. The summed E-state index contributed by atoms with van der Waals surface area (Å²) in [6, 6.07) is 15.3. The molecule has 0 saturated carbocycles. The lowest BCUT2D eigenvalue weighted by molar-refractivity contribution is 0.270. The first-order valence-electron chi connectivity index (χ1n) is 8.71. The quantitative estimate of drug-likeness (QED) is 0.644. The zero-order chi connectivity index (χ0) is 19.4. The van der Waals surface area contributed by atoms with Gasteiger partial charge in [-0.15, -0.1) is 0 Å². The number of benzene rings is 2. The van der Waals surface area contributed by atoms with Crippen molar-refractivity contribution >= 4 is 15.7 Å². The van der Waals surface area contributed by atoms with Crippen LogP contribution in [0.5, 0.6) is 0 Å². The number of aliphatic hydroxyl groups is 1. The molecule has 0 amide bonds. The average molecular weight is 386 g/mol. The van der Waals surface area contributed by atoms with Gasteiger partial charge in [0, 0.05) is 5.56 Å². The fourth-order valence-electron chi connectivity index (χ4n) is 2.57. The van der Waals surface area contributed by atoms with E-state index in [1.165, 1.54) is 0 Å². The van der Waals surface area contributed by atoms with Crippen LogP contribution in [0.4, 0.5) is 5.88 Å². The summed E-state index contributed by atoms with van der Waals surface area (Å²) in [5.74, 6) is 0.243. The van der Waals surface area contributed by atoms with Gasteiger partial charge in [0.1, 0.15) is 0 Å². The lowest BCUT2D eigenvalue weighted by Gasteiger charge is -2.13. The van der Waals surface area contributed by atoms with Crippen molar-refractivity contribution in [1.29, 1.82) is 0 Å². The molecule has 142 valence electrons. The van der Waals surface area contributed by atoms with E-state index in [1.54, 1.807) is 36.4 Å². The molecule has 1 heterocycles. The van der Waals surface area contributed by atoms with Gasteiger partial charge in [0.25, 0.3) is 0 Å². The Morgan fingerprint density at radius 2 is 1.78 bits per heavy atom. The third-order valence-corrected chi connectivity index (χ3v) is 5.93. The van der Waals surface area contributed by atoms with E-state index >= 15 is 0 Å². The summed E-state index contributed by atoms with van der Waals surface area (Å²) in [5.41, 5.74) is 1.63. The van der Waals surface area contributed by atoms with Gasteiger partial charge in [-0.25, -0.2) is 8.42 Å². The maximum atomic E-state index is 13.1. The number of nitrogens with zero attached hydrogens (tertiary/aromatic N) is 1. The van der Waals surface area contributed by atoms with Gasteiger partial charge in [-0.2, -0.15) is 4.98 Å². The molecule has 0 fully saturated rings. The van der Waals surface area contributed by atoms with Crippen LogP contribution < -0.4 is 5.32 Å². The number of rotatable bonds is 7. The van der Waals surface area contributed by atoms with E-state index in [2.05, 4.69) is 10.3 Å². The van der Waals surface area contributed by atoms with Crippen LogP contribution in [-0.2, 0) is 9.84 Å². The Morgan fingerprint density at radius 1 is 1.11 bits per heavy atom. The largest absolute Gasteiger partial charge is 0.419 e. The predicted molar refractivity (Wildman–Crippen MR) is 103 cm³/mol. The van der Waals surface area contributed by atoms with Crippen LogP contribution in [0.3, 0.4) is 0 Å². The summed E-state index contributed by atoms with van der Waals surface area (Å²) < 4.78 is 32.0. The smallest absolute Gasteiger partial charge is 0.234 e. The lowest BCUT2D eigenvalue weighted by atomic mass is 10.2. The summed E-state index contributed by atoms with van der Waals surface area (Å²) in [5, 5.41) is 12.3. The summed E-state index contributed by atoms with van der Waals surface area (Å²) in [6.45, 7) is 3.62. The van der Waals surface area contributed by atoms with E-state index < -0.39 is 9.84 Å².